The predicted molar refractivity (Wildman–Crippen MR) is 37.1 cm³/mol. The van der Waals surface area contributed by atoms with E-state index in [4.69, 9.17) is 23.7 Å². The summed E-state index contributed by atoms with van der Waals surface area (Å²) in [5.74, 6) is 0. The number of aliphatic hydroxyl groups is 1. The van der Waals surface area contributed by atoms with Crippen molar-refractivity contribution in [2.45, 2.75) is 13.8 Å². The van der Waals surface area contributed by atoms with E-state index in [0.717, 1.165) is 19.6 Å². The van der Waals surface area contributed by atoms with E-state index in [1.807, 2.05) is 0 Å². The topological polar surface area (TPSA) is 113 Å². The molecule has 0 saturated heterocycles. The fraction of sp³-hybridized carbons (Fsp3) is 1.00. The van der Waals surface area contributed by atoms with E-state index in [0.29, 0.717) is 0 Å². The van der Waals surface area contributed by atoms with Crippen LogP contribution in [0.15, 0.2) is 0 Å². The first kappa shape index (κ1) is 15.5. The standard InChI is InChI=1S/C6H15NO.ClHO4/c1-3-7(4-2)5-6-8;2-1(3,4)5/h8H,3-6H2,1-2H3;(H,2,3,4,5). The van der Waals surface area contributed by atoms with E-state index in [2.05, 4.69) is 18.7 Å². The van der Waals surface area contributed by atoms with Crippen molar-refractivity contribution in [2.75, 3.05) is 26.2 Å². The van der Waals surface area contributed by atoms with Crippen molar-refractivity contribution >= 4 is 0 Å². The minimum atomic E-state index is -4.69. The average Bonchev–Trinajstić information content (AvgIpc) is 1.97. The molecule has 0 aromatic rings. The Kier molecular flexibility index (Phi) is 10.3. The largest absolute Gasteiger partial charge is 0.395 e. The van der Waals surface area contributed by atoms with Crippen molar-refractivity contribution in [2.24, 2.45) is 0 Å². The summed E-state index contributed by atoms with van der Waals surface area (Å²) < 4.78 is 32.7. The van der Waals surface area contributed by atoms with E-state index in [9.17, 15) is 0 Å². The molecular weight excluding hydrogens is 202 g/mol. The van der Waals surface area contributed by atoms with Gasteiger partial charge in [-0.05, 0) is 13.1 Å². The SMILES string of the molecule is CCN(CC)CCO.[O-][Cl+3]([O-])([O-])O. The maximum Gasteiger partial charge on any atom is 0.0777 e. The molecule has 6 nitrogen and oxygen atoms in total. The van der Waals surface area contributed by atoms with Crippen molar-refractivity contribution < 1.29 is 34.0 Å². The summed E-state index contributed by atoms with van der Waals surface area (Å²) in [4.78, 5) is 2.18. The first-order valence-electron chi connectivity index (χ1n) is 3.81. The van der Waals surface area contributed by atoms with Crippen LogP contribution in [-0.4, -0.2) is 40.9 Å². The summed E-state index contributed by atoms with van der Waals surface area (Å²) in [5.41, 5.74) is 0. The fourth-order valence-corrected chi connectivity index (χ4v) is 0.681. The Hall–Kier alpha value is 0.0500. The van der Waals surface area contributed by atoms with Gasteiger partial charge in [0.1, 0.15) is 0 Å². The lowest BCUT2D eigenvalue weighted by Gasteiger charge is -2.15. The normalized spacial score (nSPS) is 11.1. The van der Waals surface area contributed by atoms with Crippen LogP contribution < -0.4 is 14.0 Å². The minimum absolute atomic E-state index is 0.279. The third kappa shape index (κ3) is 24.5. The molecule has 0 aliphatic rings. The first-order valence-corrected chi connectivity index (χ1v) is 5.07. The number of aliphatic hydroxyl groups excluding tert-OH is 1. The molecule has 0 saturated carbocycles. The second kappa shape index (κ2) is 8.64. The molecule has 0 rings (SSSR count). The summed E-state index contributed by atoms with van der Waals surface area (Å²) in [6.45, 7) is 7.36. The van der Waals surface area contributed by atoms with Gasteiger partial charge in [-0.3, -0.25) is 0 Å². The molecular formula is C6H16ClNO5. The van der Waals surface area contributed by atoms with Gasteiger partial charge in [-0.25, -0.2) is 0 Å². The molecule has 0 radical (unpaired) electrons. The Labute approximate surface area is 79.8 Å². The van der Waals surface area contributed by atoms with Gasteiger partial charge in [0, 0.05) is 6.54 Å². The lowest BCUT2D eigenvalue weighted by atomic mass is 10.5. The van der Waals surface area contributed by atoms with Crippen LogP contribution in [0.25, 0.3) is 0 Å². The van der Waals surface area contributed by atoms with Gasteiger partial charge in [0.25, 0.3) is 0 Å². The third-order valence-electron chi connectivity index (χ3n) is 1.31. The summed E-state index contributed by atoms with van der Waals surface area (Å²) in [6, 6.07) is 0. The van der Waals surface area contributed by atoms with Crippen LogP contribution in [0.2, 0.25) is 0 Å². The number of rotatable bonds is 4. The van der Waals surface area contributed by atoms with E-state index in [1.165, 1.54) is 0 Å². The second-order valence-electron chi connectivity index (χ2n) is 2.15. The Bertz CT molecular complexity index is 97.7. The van der Waals surface area contributed by atoms with Gasteiger partial charge in [0.05, 0.1) is 21.5 Å². The first-order chi connectivity index (χ1) is 5.85. The summed E-state index contributed by atoms with van der Waals surface area (Å²) >= 11 is 0. The third-order valence-corrected chi connectivity index (χ3v) is 1.31. The highest BCUT2D eigenvalue weighted by Gasteiger charge is 1.98. The molecule has 82 valence electrons. The fourth-order valence-electron chi connectivity index (χ4n) is 0.681. The molecule has 0 amide bonds. The number of nitrogens with zero attached hydrogens (tertiary/aromatic N) is 1. The quantitative estimate of drug-likeness (QED) is 0.499. The molecule has 0 aliphatic heterocycles. The van der Waals surface area contributed by atoms with Crippen LogP contribution in [0.3, 0.4) is 0 Å². The van der Waals surface area contributed by atoms with E-state index in [1.54, 1.807) is 0 Å². The Morgan fingerprint density at radius 1 is 1.15 bits per heavy atom. The number of likely N-dealkylation sites (N-methyl/N-ethyl adjacent to an activating group) is 1. The number of halogens is 1. The molecule has 7 heteroatoms. The van der Waals surface area contributed by atoms with Crippen molar-refractivity contribution in [3.63, 3.8) is 0 Å². The van der Waals surface area contributed by atoms with Crippen molar-refractivity contribution in [3.8, 4) is 0 Å². The predicted octanol–water partition coefficient (Wildman–Crippen LogP) is -3.80. The molecule has 0 fully saturated rings. The highest BCUT2D eigenvalue weighted by Crippen LogP contribution is 1.82. The zero-order valence-corrected chi connectivity index (χ0v) is 8.53. The zero-order valence-electron chi connectivity index (χ0n) is 7.77. The molecule has 0 unspecified atom stereocenters. The van der Waals surface area contributed by atoms with Gasteiger partial charge in [0.2, 0.25) is 0 Å². The van der Waals surface area contributed by atoms with Crippen LogP contribution >= 0.6 is 0 Å². The maximum absolute atomic E-state index is 8.60. The maximum atomic E-state index is 8.60. The molecule has 2 N–H and O–H groups in total. The van der Waals surface area contributed by atoms with Gasteiger partial charge < -0.3 is 10.0 Å². The Balaban J connectivity index is 0. The van der Waals surface area contributed by atoms with Crippen LogP contribution in [0, 0.1) is 10.2 Å². The molecule has 0 heterocycles. The van der Waals surface area contributed by atoms with Crippen LogP contribution in [0.1, 0.15) is 13.8 Å². The number of hydrogen-bond acceptors (Lipinski definition) is 6. The highest BCUT2D eigenvalue weighted by atomic mass is 35.7. The van der Waals surface area contributed by atoms with Crippen LogP contribution in [0.4, 0.5) is 0 Å². The Morgan fingerprint density at radius 2 is 1.46 bits per heavy atom. The summed E-state index contributed by atoms with van der Waals surface area (Å²) in [5, 5.41) is 8.46. The molecule has 0 aromatic carbocycles. The van der Waals surface area contributed by atoms with Gasteiger partial charge in [-0.15, -0.1) is 0 Å². The lowest BCUT2D eigenvalue weighted by Crippen LogP contribution is -2.58. The van der Waals surface area contributed by atoms with Crippen LogP contribution in [-0.2, 0) is 0 Å². The number of hydrogen-bond donors (Lipinski definition) is 2. The molecule has 0 spiro atoms. The molecule has 13 heavy (non-hydrogen) atoms. The zero-order chi connectivity index (χ0) is 10.9. The Morgan fingerprint density at radius 3 is 1.54 bits per heavy atom. The van der Waals surface area contributed by atoms with E-state index < -0.39 is 10.2 Å². The van der Waals surface area contributed by atoms with E-state index >= 15 is 0 Å². The minimum Gasteiger partial charge on any atom is -0.395 e. The van der Waals surface area contributed by atoms with E-state index in [-0.39, 0.29) is 6.61 Å². The van der Waals surface area contributed by atoms with Crippen molar-refractivity contribution in [1.82, 2.24) is 4.90 Å². The van der Waals surface area contributed by atoms with Gasteiger partial charge in [-0.2, -0.15) is 14.0 Å². The summed E-state index contributed by atoms with van der Waals surface area (Å²) in [6.07, 6.45) is 0. The molecule has 0 atom stereocenters. The van der Waals surface area contributed by atoms with Crippen molar-refractivity contribution in [1.29, 1.82) is 0 Å². The van der Waals surface area contributed by atoms with Crippen LogP contribution in [0.5, 0.6) is 0 Å². The average molecular weight is 218 g/mol. The molecule has 0 aliphatic carbocycles. The van der Waals surface area contributed by atoms with Gasteiger partial charge >= 0.3 is 0 Å². The molecule has 0 aromatic heterocycles. The van der Waals surface area contributed by atoms with Crippen molar-refractivity contribution in [3.05, 3.63) is 0 Å². The molecule has 0 bridgehead atoms. The second-order valence-corrected chi connectivity index (χ2v) is 2.94. The smallest absolute Gasteiger partial charge is 0.0777 e. The monoisotopic (exact) mass is 217 g/mol. The highest BCUT2D eigenvalue weighted by molar-refractivity contribution is 4.47. The van der Waals surface area contributed by atoms with Gasteiger partial charge in [0.15, 0.2) is 0 Å². The lowest BCUT2D eigenvalue weighted by molar-refractivity contribution is -1.92. The van der Waals surface area contributed by atoms with Gasteiger partial charge in [-0.1, -0.05) is 13.8 Å². The summed E-state index contributed by atoms with van der Waals surface area (Å²) in [7, 11) is -4.69.